The van der Waals surface area contributed by atoms with Gasteiger partial charge in [-0.15, -0.1) is 0 Å². The Bertz CT molecular complexity index is 793. The highest BCUT2D eigenvalue weighted by Gasteiger charge is 2.19. The normalized spacial score (nSPS) is 10.0. The van der Waals surface area contributed by atoms with Crippen LogP contribution in [0.1, 0.15) is 10.4 Å². The van der Waals surface area contributed by atoms with Gasteiger partial charge in [0.2, 0.25) is 0 Å². The van der Waals surface area contributed by atoms with E-state index in [-0.39, 0.29) is 22.0 Å². The number of halogens is 2. The number of nitrogens with two attached hydrogens (primary N) is 1. The van der Waals surface area contributed by atoms with Crippen LogP contribution in [0.2, 0.25) is 10.0 Å². The maximum absolute atomic E-state index is 11.9. The fraction of sp³-hybridized carbons (Fsp3) is 0. The zero-order valence-corrected chi connectivity index (χ0v) is 13.1. The lowest BCUT2D eigenvalue weighted by Gasteiger charge is -2.08. The number of carbonyl (C=O) groups excluding carboxylic acids is 3. The van der Waals surface area contributed by atoms with E-state index in [1.807, 2.05) is 5.32 Å². The van der Waals surface area contributed by atoms with Gasteiger partial charge >= 0.3 is 11.8 Å². The zero-order chi connectivity index (χ0) is 17.0. The van der Waals surface area contributed by atoms with Crippen LogP contribution in [-0.4, -0.2) is 17.7 Å². The molecule has 0 saturated heterocycles. The summed E-state index contributed by atoms with van der Waals surface area (Å²) in [6.45, 7) is 0. The van der Waals surface area contributed by atoms with E-state index in [1.165, 1.54) is 30.3 Å². The van der Waals surface area contributed by atoms with E-state index in [0.29, 0.717) is 5.02 Å². The first-order valence-electron chi connectivity index (χ1n) is 6.34. The first-order chi connectivity index (χ1) is 10.9. The van der Waals surface area contributed by atoms with Gasteiger partial charge in [-0.1, -0.05) is 35.3 Å². The molecule has 0 aliphatic carbocycles. The van der Waals surface area contributed by atoms with Gasteiger partial charge in [-0.25, -0.2) is 0 Å². The number of para-hydroxylation sites is 1. The molecule has 8 heteroatoms. The summed E-state index contributed by atoms with van der Waals surface area (Å²) >= 11 is 11.6. The van der Waals surface area contributed by atoms with Crippen molar-refractivity contribution >= 4 is 52.3 Å². The van der Waals surface area contributed by atoms with E-state index in [4.69, 9.17) is 28.9 Å². The minimum atomic E-state index is -1.13. The van der Waals surface area contributed by atoms with Gasteiger partial charge in [0.15, 0.2) is 0 Å². The summed E-state index contributed by atoms with van der Waals surface area (Å²) in [5, 5.41) is 4.78. The van der Waals surface area contributed by atoms with Crippen molar-refractivity contribution in [3.63, 3.8) is 0 Å². The molecule has 0 saturated carbocycles. The maximum atomic E-state index is 11.9. The van der Waals surface area contributed by atoms with Gasteiger partial charge in [0, 0.05) is 10.7 Å². The standard InChI is InChI=1S/C15H11Cl2N3O3/c16-8-5-6-12(10(17)7-8)19-14(22)15(23)20-13(21)9-3-1-2-4-11(9)18/h1-7H,18H2,(H,19,22)(H,20,21,23). The van der Waals surface area contributed by atoms with Crippen molar-refractivity contribution in [2.45, 2.75) is 0 Å². The van der Waals surface area contributed by atoms with Gasteiger partial charge in [-0.05, 0) is 30.3 Å². The third kappa shape index (κ3) is 4.21. The number of hydrogen-bond donors (Lipinski definition) is 3. The lowest BCUT2D eigenvalue weighted by Crippen LogP contribution is -2.39. The van der Waals surface area contributed by atoms with E-state index in [1.54, 1.807) is 12.1 Å². The van der Waals surface area contributed by atoms with Gasteiger partial charge in [0.05, 0.1) is 16.3 Å². The Kier molecular flexibility index (Phi) is 5.20. The first kappa shape index (κ1) is 16.8. The molecule has 0 aliphatic rings. The van der Waals surface area contributed by atoms with Crippen molar-refractivity contribution < 1.29 is 14.4 Å². The second kappa shape index (κ2) is 7.13. The molecule has 23 heavy (non-hydrogen) atoms. The highest BCUT2D eigenvalue weighted by atomic mass is 35.5. The molecule has 0 heterocycles. The molecule has 2 aromatic rings. The molecule has 0 fully saturated rings. The Hall–Kier alpha value is -2.57. The molecule has 0 radical (unpaired) electrons. The van der Waals surface area contributed by atoms with E-state index in [2.05, 4.69) is 5.32 Å². The minimum absolute atomic E-state index is 0.0955. The molecule has 2 aromatic carbocycles. The van der Waals surface area contributed by atoms with Crippen molar-refractivity contribution in [2.24, 2.45) is 0 Å². The highest BCUT2D eigenvalue weighted by Crippen LogP contribution is 2.25. The van der Waals surface area contributed by atoms with Gasteiger partial charge < -0.3 is 11.1 Å². The minimum Gasteiger partial charge on any atom is -0.398 e. The van der Waals surface area contributed by atoms with Gasteiger partial charge in [0.1, 0.15) is 0 Å². The lowest BCUT2D eigenvalue weighted by atomic mass is 10.1. The van der Waals surface area contributed by atoms with Crippen LogP contribution in [0, 0.1) is 0 Å². The van der Waals surface area contributed by atoms with Crippen molar-refractivity contribution in [2.75, 3.05) is 11.1 Å². The van der Waals surface area contributed by atoms with Gasteiger partial charge in [-0.3, -0.25) is 19.7 Å². The van der Waals surface area contributed by atoms with E-state index in [0.717, 1.165) is 0 Å². The Morgan fingerprint density at radius 2 is 1.65 bits per heavy atom. The smallest absolute Gasteiger partial charge is 0.316 e. The lowest BCUT2D eigenvalue weighted by molar-refractivity contribution is -0.135. The van der Waals surface area contributed by atoms with Crippen molar-refractivity contribution in [1.82, 2.24) is 5.32 Å². The van der Waals surface area contributed by atoms with Crippen LogP contribution in [0.5, 0.6) is 0 Å². The predicted octanol–water partition coefficient (Wildman–Crippen LogP) is 2.47. The molecule has 0 atom stereocenters. The summed E-state index contributed by atoms with van der Waals surface area (Å²) in [4.78, 5) is 35.5. The van der Waals surface area contributed by atoms with Crippen LogP contribution in [0.25, 0.3) is 0 Å². The highest BCUT2D eigenvalue weighted by molar-refractivity contribution is 6.44. The molecule has 2 rings (SSSR count). The molecule has 6 nitrogen and oxygen atoms in total. The van der Waals surface area contributed by atoms with Crippen LogP contribution in [0.4, 0.5) is 11.4 Å². The van der Waals surface area contributed by atoms with E-state index >= 15 is 0 Å². The molecule has 3 amide bonds. The molecular formula is C15H11Cl2N3O3. The molecule has 0 aliphatic heterocycles. The molecule has 0 aromatic heterocycles. The summed E-state index contributed by atoms with van der Waals surface area (Å²) in [7, 11) is 0. The number of carbonyl (C=O) groups is 3. The Morgan fingerprint density at radius 3 is 2.30 bits per heavy atom. The topological polar surface area (TPSA) is 101 Å². The SMILES string of the molecule is Nc1ccccc1C(=O)NC(=O)C(=O)Nc1ccc(Cl)cc1Cl. The average Bonchev–Trinajstić information content (AvgIpc) is 2.50. The number of hydrogen-bond acceptors (Lipinski definition) is 4. The molecule has 0 bridgehead atoms. The molecule has 0 spiro atoms. The zero-order valence-electron chi connectivity index (χ0n) is 11.6. The summed E-state index contributed by atoms with van der Waals surface area (Å²) < 4.78 is 0. The maximum Gasteiger partial charge on any atom is 0.316 e. The summed E-state index contributed by atoms with van der Waals surface area (Å²) in [5.41, 5.74) is 6.11. The fourth-order valence-electron chi connectivity index (χ4n) is 1.70. The Labute approximate surface area is 141 Å². The monoisotopic (exact) mass is 351 g/mol. The third-order valence-electron chi connectivity index (χ3n) is 2.82. The van der Waals surface area contributed by atoms with Gasteiger partial charge in [0.25, 0.3) is 5.91 Å². The second-order valence-electron chi connectivity index (χ2n) is 4.45. The number of rotatable bonds is 2. The number of nitrogen functional groups attached to an aromatic ring is 1. The first-order valence-corrected chi connectivity index (χ1v) is 7.10. The second-order valence-corrected chi connectivity index (χ2v) is 5.29. The van der Waals surface area contributed by atoms with Crippen molar-refractivity contribution in [3.8, 4) is 0 Å². The fourth-order valence-corrected chi connectivity index (χ4v) is 2.16. The number of benzene rings is 2. The molecule has 118 valence electrons. The Morgan fingerprint density at radius 1 is 0.957 bits per heavy atom. The number of nitrogens with one attached hydrogen (secondary N) is 2. The van der Waals surface area contributed by atoms with Crippen molar-refractivity contribution in [3.05, 3.63) is 58.1 Å². The summed E-state index contributed by atoms with van der Waals surface area (Å²) in [6.07, 6.45) is 0. The summed E-state index contributed by atoms with van der Waals surface area (Å²) in [6, 6.07) is 10.5. The molecule has 4 N–H and O–H groups in total. The van der Waals surface area contributed by atoms with Crippen molar-refractivity contribution in [1.29, 1.82) is 0 Å². The van der Waals surface area contributed by atoms with Crippen LogP contribution < -0.4 is 16.4 Å². The predicted molar refractivity (Wildman–Crippen MR) is 88.4 cm³/mol. The van der Waals surface area contributed by atoms with Crippen LogP contribution in [-0.2, 0) is 9.59 Å². The average molecular weight is 352 g/mol. The van der Waals surface area contributed by atoms with E-state index < -0.39 is 17.7 Å². The number of anilines is 2. The van der Waals surface area contributed by atoms with Crippen LogP contribution in [0.3, 0.4) is 0 Å². The number of imide groups is 1. The largest absolute Gasteiger partial charge is 0.398 e. The molecular weight excluding hydrogens is 341 g/mol. The van der Waals surface area contributed by atoms with Crippen LogP contribution in [0.15, 0.2) is 42.5 Å². The van der Waals surface area contributed by atoms with Crippen LogP contribution >= 0.6 is 23.2 Å². The quantitative estimate of drug-likeness (QED) is 0.571. The third-order valence-corrected chi connectivity index (χ3v) is 3.37. The number of amides is 3. The summed E-state index contributed by atoms with van der Waals surface area (Å²) in [5.74, 6) is -2.95. The van der Waals surface area contributed by atoms with Gasteiger partial charge in [-0.2, -0.15) is 0 Å². The van der Waals surface area contributed by atoms with E-state index in [9.17, 15) is 14.4 Å². The Balaban J connectivity index is 2.04. The molecule has 0 unspecified atom stereocenters.